The number of hydrogen-bond donors (Lipinski definition) is 1. The predicted octanol–water partition coefficient (Wildman–Crippen LogP) is 4.36. The maximum absolute atomic E-state index is 4.63. The molecule has 1 atom stereocenters. The number of amidine groups is 1. The van der Waals surface area contributed by atoms with Crippen LogP contribution in [0.25, 0.3) is 0 Å². The summed E-state index contributed by atoms with van der Waals surface area (Å²) < 4.78 is 1.11. The Morgan fingerprint density at radius 1 is 1.41 bits per heavy atom. The van der Waals surface area contributed by atoms with E-state index in [0.29, 0.717) is 6.04 Å². The van der Waals surface area contributed by atoms with Crippen molar-refractivity contribution in [2.24, 2.45) is 4.99 Å². The SMILES string of the molecule is Cc1cc(C)c(NC2=NC(C)CCS2)c(Br)c1. The summed E-state index contributed by atoms with van der Waals surface area (Å²) in [6.45, 7) is 6.40. The molecule has 0 fully saturated rings. The van der Waals surface area contributed by atoms with Crippen molar-refractivity contribution in [3.63, 3.8) is 0 Å². The molecule has 0 bridgehead atoms. The van der Waals surface area contributed by atoms with E-state index in [-0.39, 0.29) is 0 Å². The van der Waals surface area contributed by atoms with Gasteiger partial charge in [0, 0.05) is 10.2 Å². The van der Waals surface area contributed by atoms with Crippen molar-refractivity contribution in [3.05, 3.63) is 27.7 Å². The lowest BCUT2D eigenvalue weighted by Gasteiger charge is -2.19. The second-order valence-corrected chi connectivity index (χ2v) is 6.42. The van der Waals surface area contributed by atoms with Crippen molar-refractivity contribution in [2.75, 3.05) is 11.1 Å². The van der Waals surface area contributed by atoms with Crippen LogP contribution in [0.3, 0.4) is 0 Å². The van der Waals surface area contributed by atoms with Gasteiger partial charge in [-0.1, -0.05) is 17.8 Å². The number of hydrogen-bond acceptors (Lipinski definition) is 3. The van der Waals surface area contributed by atoms with E-state index in [4.69, 9.17) is 0 Å². The molecule has 0 aliphatic carbocycles. The van der Waals surface area contributed by atoms with Gasteiger partial charge in [0.15, 0.2) is 5.17 Å². The number of anilines is 1. The van der Waals surface area contributed by atoms with Crippen LogP contribution in [0, 0.1) is 13.8 Å². The molecule has 1 aromatic rings. The number of halogens is 1. The first-order chi connectivity index (χ1) is 8.06. The summed E-state index contributed by atoms with van der Waals surface area (Å²) >= 11 is 5.41. The summed E-state index contributed by atoms with van der Waals surface area (Å²) in [5.74, 6) is 1.15. The quantitative estimate of drug-likeness (QED) is 0.833. The van der Waals surface area contributed by atoms with Crippen molar-refractivity contribution in [1.82, 2.24) is 0 Å². The largest absolute Gasteiger partial charge is 0.334 e. The average molecular weight is 313 g/mol. The Balaban J connectivity index is 2.24. The zero-order valence-electron chi connectivity index (χ0n) is 10.4. The zero-order chi connectivity index (χ0) is 12.4. The number of thioether (sulfide) groups is 1. The van der Waals surface area contributed by atoms with E-state index in [1.807, 2.05) is 0 Å². The van der Waals surface area contributed by atoms with E-state index >= 15 is 0 Å². The van der Waals surface area contributed by atoms with E-state index in [1.165, 1.54) is 17.5 Å². The van der Waals surface area contributed by atoms with Gasteiger partial charge in [-0.3, -0.25) is 4.99 Å². The first-order valence-corrected chi connectivity index (χ1v) is 7.58. The van der Waals surface area contributed by atoms with Crippen molar-refractivity contribution in [3.8, 4) is 0 Å². The Labute approximate surface area is 115 Å². The lowest BCUT2D eigenvalue weighted by atomic mass is 10.1. The molecule has 1 aromatic carbocycles. The fraction of sp³-hybridized carbons (Fsp3) is 0.462. The van der Waals surface area contributed by atoms with Gasteiger partial charge < -0.3 is 5.32 Å². The van der Waals surface area contributed by atoms with Crippen LogP contribution in [-0.2, 0) is 0 Å². The molecular formula is C13H17BrN2S. The molecule has 2 rings (SSSR count). The average Bonchev–Trinajstić information content (AvgIpc) is 2.23. The number of benzene rings is 1. The Hall–Kier alpha value is -0.480. The van der Waals surface area contributed by atoms with E-state index in [0.717, 1.165) is 21.1 Å². The highest BCUT2D eigenvalue weighted by atomic mass is 79.9. The molecule has 1 heterocycles. The summed E-state index contributed by atoms with van der Waals surface area (Å²) in [5, 5.41) is 4.48. The van der Waals surface area contributed by atoms with Crippen LogP contribution in [0.5, 0.6) is 0 Å². The normalized spacial score (nSPS) is 20.0. The molecule has 0 amide bonds. The molecule has 0 aromatic heterocycles. The van der Waals surface area contributed by atoms with Crippen LogP contribution in [-0.4, -0.2) is 17.0 Å². The number of nitrogens with one attached hydrogen (secondary N) is 1. The van der Waals surface area contributed by atoms with E-state index in [9.17, 15) is 0 Å². The highest BCUT2D eigenvalue weighted by molar-refractivity contribution is 9.10. The second-order valence-electron chi connectivity index (χ2n) is 4.48. The van der Waals surface area contributed by atoms with Crippen LogP contribution in [0.2, 0.25) is 0 Å². The summed E-state index contributed by atoms with van der Waals surface area (Å²) in [6.07, 6.45) is 1.17. The molecule has 0 spiro atoms. The highest BCUT2D eigenvalue weighted by Gasteiger charge is 2.13. The molecule has 4 heteroatoms. The number of rotatable bonds is 1. The molecule has 1 unspecified atom stereocenters. The van der Waals surface area contributed by atoms with Crippen LogP contribution < -0.4 is 5.32 Å². The maximum atomic E-state index is 4.63. The molecular weight excluding hydrogens is 296 g/mol. The van der Waals surface area contributed by atoms with Gasteiger partial charge in [0.05, 0.1) is 11.7 Å². The first-order valence-electron chi connectivity index (χ1n) is 5.80. The summed E-state index contributed by atoms with van der Waals surface area (Å²) in [6, 6.07) is 4.75. The van der Waals surface area contributed by atoms with Gasteiger partial charge in [0.25, 0.3) is 0 Å². The lowest BCUT2D eigenvalue weighted by molar-refractivity contribution is 0.720. The van der Waals surface area contributed by atoms with Crippen molar-refractivity contribution in [2.45, 2.75) is 33.2 Å². The molecule has 0 saturated carbocycles. The van der Waals surface area contributed by atoms with Crippen LogP contribution in [0.15, 0.2) is 21.6 Å². The molecule has 1 N–H and O–H groups in total. The number of aryl methyl sites for hydroxylation is 2. The Morgan fingerprint density at radius 3 is 2.82 bits per heavy atom. The highest BCUT2D eigenvalue weighted by Crippen LogP contribution is 2.29. The minimum absolute atomic E-state index is 0.434. The van der Waals surface area contributed by atoms with Gasteiger partial charge in [0.2, 0.25) is 0 Å². The molecule has 17 heavy (non-hydrogen) atoms. The summed E-state index contributed by atoms with van der Waals surface area (Å²) in [7, 11) is 0. The van der Waals surface area contributed by atoms with Gasteiger partial charge in [0.1, 0.15) is 0 Å². The summed E-state index contributed by atoms with van der Waals surface area (Å²) in [5.41, 5.74) is 3.65. The fourth-order valence-corrected chi connectivity index (χ4v) is 3.73. The van der Waals surface area contributed by atoms with Gasteiger partial charge in [-0.05, 0) is 60.3 Å². The maximum Gasteiger partial charge on any atom is 0.161 e. The monoisotopic (exact) mass is 312 g/mol. The van der Waals surface area contributed by atoms with Gasteiger partial charge in [-0.2, -0.15) is 0 Å². The smallest absolute Gasteiger partial charge is 0.161 e. The van der Waals surface area contributed by atoms with Crippen LogP contribution in [0.1, 0.15) is 24.5 Å². The number of nitrogens with zero attached hydrogens (tertiary/aromatic N) is 1. The summed E-state index contributed by atoms with van der Waals surface area (Å²) in [4.78, 5) is 4.63. The minimum Gasteiger partial charge on any atom is -0.334 e. The third kappa shape index (κ3) is 3.26. The van der Waals surface area contributed by atoms with E-state index in [1.54, 1.807) is 11.8 Å². The lowest BCUT2D eigenvalue weighted by Crippen LogP contribution is -2.18. The third-order valence-corrected chi connectivity index (χ3v) is 4.32. The topological polar surface area (TPSA) is 24.4 Å². The Morgan fingerprint density at radius 2 is 2.18 bits per heavy atom. The predicted molar refractivity (Wildman–Crippen MR) is 81.2 cm³/mol. The minimum atomic E-state index is 0.434. The Kier molecular flexibility index (Phi) is 4.15. The molecule has 92 valence electrons. The van der Waals surface area contributed by atoms with Crippen molar-refractivity contribution >= 4 is 38.5 Å². The second kappa shape index (κ2) is 5.44. The fourth-order valence-electron chi connectivity index (χ4n) is 1.88. The van der Waals surface area contributed by atoms with E-state index < -0.39 is 0 Å². The number of aliphatic imine (C=N–C) groups is 1. The molecule has 0 saturated heterocycles. The molecule has 2 nitrogen and oxygen atoms in total. The third-order valence-electron chi connectivity index (χ3n) is 2.78. The molecule has 1 aliphatic rings. The van der Waals surface area contributed by atoms with Gasteiger partial charge in [-0.15, -0.1) is 0 Å². The molecule has 1 aliphatic heterocycles. The van der Waals surface area contributed by atoms with Gasteiger partial charge in [-0.25, -0.2) is 0 Å². The van der Waals surface area contributed by atoms with Crippen molar-refractivity contribution < 1.29 is 0 Å². The Bertz CT molecular complexity index is 434. The van der Waals surface area contributed by atoms with Crippen molar-refractivity contribution in [1.29, 1.82) is 0 Å². The molecule has 0 radical (unpaired) electrons. The van der Waals surface area contributed by atoms with Crippen LogP contribution >= 0.6 is 27.7 Å². The van der Waals surface area contributed by atoms with Crippen LogP contribution in [0.4, 0.5) is 5.69 Å². The van der Waals surface area contributed by atoms with E-state index in [2.05, 4.69) is 59.1 Å². The zero-order valence-corrected chi connectivity index (χ0v) is 12.8. The first kappa shape index (κ1) is 13.0. The van der Waals surface area contributed by atoms with Gasteiger partial charge >= 0.3 is 0 Å². The standard InChI is InChI=1S/C13H17BrN2S/c1-8-6-9(2)12(11(14)7-8)16-13-15-10(3)4-5-17-13/h6-7,10H,4-5H2,1-3H3,(H,15,16).